The number of benzene rings is 1. The van der Waals surface area contributed by atoms with Gasteiger partial charge in [0.15, 0.2) is 0 Å². The maximum absolute atomic E-state index is 13.7. The van der Waals surface area contributed by atoms with Gasteiger partial charge in [0, 0.05) is 25.1 Å². The van der Waals surface area contributed by atoms with Crippen molar-refractivity contribution in [1.82, 2.24) is 5.32 Å². The Morgan fingerprint density at radius 2 is 2.00 bits per heavy atom. The number of halogens is 1. The van der Waals surface area contributed by atoms with Gasteiger partial charge in [-0.3, -0.25) is 0 Å². The molecule has 0 aliphatic rings. The van der Waals surface area contributed by atoms with E-state index in [1.54, 1.807) is 6.07 Å². The smallest absolute Gasteiger partial charge is 0.126 e. The number of hydrogen-bond donors (Lipinski definition) is 2. The van der Waals surface area contributed by atoms with Crippen LogP contribution in [-0.4, -0.2) is 24.8 Å². The van der Waals surface area contributed by atoms with Crippen molar-refractivity contribution in [3.05, 3.63) is 35.6 Å². The van der Waals surface area contributed by atoms with Crippen molar-refractivity contribution in [1.29, 1.82) is 0 Å². The van der Waals surface area contributed by atoms with E-state index in [0.29, 0.717) is 6.54 Å². The maximum Gasteiger partial charge on any atom is 0.126 e. The van der Waals surface area contributed by atoms with Crippen LogP contribution in [0.1, 0.15) is 32.8 Å². The summed E-state index contributed by atoms with van der Waals surface area (Å²) in [6.45, 7) is 7.78. The van der Waals surface area contributed by atoms with Crippen LogP contribution in [0.2, 0.25) is 0 Å². The fourth-order valence-corrected chi connectivity index (χ4v) is 2.03. The van der Waals surface area contributed by atoms with E-state index in [4.69, 9.17) is 5.11 Å². The minimum Gasteiger partial charge on any atom is -0.396 e. The van der Waals surface area contributed by atoms with Crippen LogP contribution in [0.15, 0.2) is 24.3 Å². The van der Waals surface area contributed by atoms with Crippen molar-refractivity contribution >= 4 is 0 Å². The fourth-order valence-electron chi connectivity index (χ4n) is 2.03. The van der Waals surface area contributed by atoms with E-state index in [9.17, 15) is 4.39 Å². The first kappa shape index (κ1) is 15.1. The molecule has 102 valence electrons. The number of nitrogens with one attached hydrogen (secondary N) is 1. The Bertz CT molecular complexity index is 361. The fraction of sp³-hybridized carbons (Fsp3) is 0.600. The van der Waals surface area contributed by atoms with Crippen LogP contribution in [0, 0.1) is 11.7 Å². The number of rotatable bonds is 7. The third kappa shape index (κ3) is 4.07. The van der Waals surface area contributed by atoms with Gasteiger partial charge in [-0.1, -0.05) is 39.0 Å². The van der Waals surface area contributed by atoms with Crippen LogP contribution in [0.25, 0.3) is 0 Å². The SMILES string of the molecule is CCC(CO)CNCC(C)(C)c1ccccc1F. The molecule has 0 aliphatic carbocycles. The summed E-state index contributed by atoms with van der Waals surface area (Å²) in [5.74, 6) is 0.125. The van der Waals surface area contributed by atoms with Crippen molar-refractivity contribution in [2.24, 2.45) is 5.92 Å². The summed E-state index contributed by atoms with van der Waals surface area (Å²) in [6.07, 6.45) is 0.948. The summed E-state index contributed by atoms with van der Waals surface area (Å²) in [6, 6.07) is 6.91. The normalized spacial score (nSPS) is 13.6. The van der Waals surface area contributed by atoms with E-state index in [2.05, 4.69) is 12.2 Å². The standard InChI is InChI=1S/C15H24FNO/c1-4-12(10-18)9-17-11-15(2,3)13-7-5-6-8-14(13)16/h5-8,12,17-18H,4,9-11H2,1-3H3. The number of hydrogen-bond acceptors (Lipinski definition) is 2. The van der Waals surface area contributed by atoms with Crippen LogP contribution in [0.4, 0.5) is 4.39 Å². The number of aliphatic hydroxyl groups excluding tert-OH is 1. The van der Waals surface area contributed by atoms with E-state index >= 15 is 0 Å². The average molecular weight is 253 g/mol. The van der Waals surface area contributed by atoms with Crippen molar-refractivity contribution in [3.63, 3.8) is 0 Å². The van der Waals surface area contributed by atoms with Gasteiger partial charge in [0.05, 0.1) is 0 Å². The molecule has 0 heterocycles. The van der Waals surface area contributed by atoms with Crippen LogP contribution in [0.3, 0.4) is 0 Å². The molecule has 1 aromatic rings. The van der Waals surface area contributed by atoms with Gasteiger partial charge in [0.2, 0.25) is 0 Å². The molecule has 0 spiro atoms. The molecule has 1 atom stereocenters. The van der Waals surface area contributed by atoms with E-state index in [1.807, 2.05) is 26.0 Å². The van der Waals surface area contributed by atoms with Gasteiger partial charge in [-0.05, 0) is 24.0 Å². The molecule has 0 amide bonds. The first-order chi connectivity index (χ1) is 8.51. The van der Waals surface area contributed by atoms with Gasteiger partial charge in [0.25, 0.3) is 0 Å². The minimum absolute atomic E-state index is 0.154. The van der Waals surface area contributed by atoms with Crippen molar-refractivity contribution in [2.45, 2.75) is 32.6 Å². The van der Waals surface area contributed by atoms with Gasteiger partial charge in [0.1, 0.15) is 5.82 Å². The average Bonchev–Trinajstić information content (AvgIpc) is 2.35. The lowest BCUT2D eigenvalue weighted by Gasteiger charge is -2.27. The Morgan fingerprint density at radius 3 is 2.56 bits per heavy atom. The highest BCUT2D eigenvalue weighted by molar-refractivity contribution is 5.25. The third-order valence-corrected chi connectivity index (χ3v) is 3.44. The van der Waals surface area contributed by atoms with Gasteiger partial charge in [-0.2, -0.15) is 0 Å². The minimum atomic E-state index is -0.251. The van der Waals surface area contributed by atoms with Crippen molar-refractivity contribution in [2.75, 3.05) is 19.7 Å². The molecule has 18 heavy (non-hydrogen) atoms. The number of aliphatic hydroxyl groups is 1. The lowest BCUT2D eigenvalue weighted by atomic mass is 9.84. The summed E-state index contributed by atoms with van der Waals surface area (Å²) in [4.78, 5) is 0. The van der Waals surface area contributed by atoms with Crippen LogP contribution in [-0.2, 0) is 5.41 Å². The molecule has 2 nitrogen and oxygen atoms in total. The summed E-state index contributed by atoms with van der Waals surface area (Å²) < 4.78 is 13.7. The lowest BCUT2D eigenvalue weighted by molar-refractivity contribution is 0.216. The van der Waals surface area contributed by atoms with Gasteiger partial charge in [-0.15, -0.1) is 0 Å². The van der Waals surface area contributed by atoms with Crippen LogP contribution < -0.4 is 5.32 Å². The van der Waals surface area contributed by atoms with Gasteiger partial charge in [-0.25, -0.2) is 4.39 Å². The second kappa shape index (κ2) is 6.86. The largest absolute Gasteiger partial charge is 0.396 e. The summed E-state index contributed by atoms with van der Waals surface area (Å²) in [5, 5.41) is 12.4. The van der Waals surface area contributed by atoms with Gasteiger partial charge < -0.3 is 10.4 Å². The zero-order valence-electron chi connectivity index (χ0n) is 11.5. The molecule has 0 aromatic heterocycles. The molecule has 0 bridgehead atoms. The molecule has 0 fully saturated rings. The van der Waals surface area contributed by atoms with Gasteiger partial charge >= 0.3 is 0 Å². The lowest BCUT2D eigenvalue weighted by Crippen LogP contribution is -2.36. The zero-order valence-corrected chi connectivity index (χ0v) is 11.5. The molecule has 0 saturated carbocycles. The van der Waals surface area contributed by atoms with E-state index < -0.39 is 0 Å². The second-order valence-electron chi connectivity index (χ2n) is 5.45. The third-order valence-electron chi connectivity index (χ3n) is 3.44. The summed E-state index contributed by atoms with van der Waals surface area (Å²) in [5.41, 5.74) is 0.480. The molecular formula is C15H24FNO. The monoisotopic (exact) mass is 253 g/mol. The molecule has 1 aromatic carbocycles. The Hall–Kier alpha value is -0.930. The van der Waals surface area contributed by atoms with Crippen molar-refractivity contribution in [3.8, 4) is 0 Å². The van der Waals surface area contributed by atoms with E-state index in [0.717, 1.165) is 18.5 Å². The maximum atomic E-state index is 13.7. The van der Waals surface area contributed by atoms with Crippen LogP contribution >= 0.6 is 0 Å². The Labute approximate surface area is 109 Å². The molecule has 0 saturated heterocycles. The highest BCUT2D eigenvalue weighted by Gasteiger charge is 2.23. The Kier molecular flexibility index (Phi) is 5.76. The van der Waals surface area contributed by atoms with E-state index in [1.165, 1.54) is 6.07 Å². The summed E-state index contributed by atoms with van der Waals surface area (Å²) in [7, 11) is 0. The van der Waals surface area contributed by atoms with Crippen molar-refractivity contribution < 1.29 is 9.50 Å². The highest BCUT2D eigenvalue weighted by atomic mass is 19.1. The second-order valence-corrected chi connectivity index (χ2v) is 5.45. The Morgan fingerprint density at radius 1 is 1.33 bits per heavy atom. The highest BCUT2D eigenvalue weighted by Crippen LogP contribution is 2.24. The predicted molar refractivity (Wildman–Crippen MR) is 73.2 cm³/mol. The zero-order chi connectivity index (χ0) is 13.6. The quantitative estimate of drug-likeness (QED) is 0.783. The molecule has 0 aliphatic heterocycles. The molecule has 1 unspecified atom stereocenters. The summed E-state index contributed by atoms with van der Waals surface area (Å²) >= 11 is 0. The molecule has 3 heteroatoms. The first-order valence-electron chi connectivity index (χ1n) is 6.58. The molecule has 1 rings (SSSR count). The first-order valence-corrected chi connectivity index (χ1v) is 6.58. The van der Waals surface area contributed by atoms with E-state index in [-0.39, 0.29) is 23.8 Å². The molecule has 0 radical (unpaired) electrons. The molecular weight excluding hydrogens is 229 g/mol. The predicted octanol–water partition coefficient (Wildman–Crippen LogP) is 2.71. The Balaban J connectivity index is 2.57. The molecule has 2 N–H and O–H groups in total. The van der Waals surface area contributed by atoms with Crippen LogP contribution in [0.5, 0.6) is 0 Å². The topological polar surface area (TPSA) is 32.3 Å².